The quantitative estimate of drug-likeness (QED) is 0.0699. The molecule has 1 aliphatic heterocycles. The summed E-state index contributed by atoms with van der Waals surface area (Å²) in [6, 6.07) is 17.1. The summed E-state index contributed by atoms with van der Waals surface area (Å²) in [5.41, 5.74) is 1.44. The lowest BCUT2D eigenvalue weighted by Gasteiger charge is -2.28. The normalized spacial score (nSPS) is 17.5. The highest BCUT2D eigenvalue weighted by atomic mass is 32.2. The second-order valence-electron chi connectivity index (χ2n) is 13.4. The van der Waals surface area contributed by atoms with E-state index < -0.39 is 34.9 Å². The SMILES string of the molecule is COCCOCCOCCS[C@@H](CCc1ccccc1)C(=O)N[C@@H](COC)C(=O)N[C@@H](Cc1ccccc1)C(=O)N[C@@H](CC(C)C)C(=S)[C@@]1(C)CO1. The molecule has 1 aliphatic rings. The Bertz CT molecular complexity index is 1360. The standard InChI is InChI=1S/C39H57N3O8S2/c1-28(2)24-31(35(51)39(3)27-50-39)40-36(43)32(25-30-14-10-7-11-15-30)41-37(44)33(26-47-5)42-38(45)34(17-16-29-12-8-6-9-13-29)52-23-22-49-21-20-48-19-18-46-4/h6-15,28,31-34H,16-27H2,1-5H3,(H,40,43)(H,41,44)(H,42,45)/t31-,32-,33-,34-,39+/m0/s1. The average Bonchev–Trinajstić information content (AvgIpc) is 3.89. The summed E-state index contributed by atoms with van der Waals surface area (Å²) in [5.74, 6) is -0.333. The van der Waals surface area contributed by atoms with Gasteiger partial charge in [-0.1, -0.05) is 86.7 Å². The number of carbonyl (C=O) groups excluding carboxylic acids is 3. The molecular formula is C39H57N3O8S2. The molecule has 11 nitrogen and oxygen atoms in total. The van der Waals surface area contributed by atoms with E-state index in [1.54, 1.807) is 7.11 Å². The number of aryl methyl sites for hydroxylation is 1. The van der Waals surface area contributed by atoms with Crippen LogP contribution in [0, 0.1) is 5.92 Å². The van der Waals surface area contributed by atoms with Gasteiger partial charge in [-0.2, -0.15) is 0 Å². The summed E-state index contributed by atoms with van der Waals surface area (Å²) in [6.45, 7) is 8.88. The Morgan fingerprint density at radius 2 is 1.35 bits per heavy atom. The van der Waals surface area contributed by atoms with Crippen molar-refractivity contribution < 1.29 is 38.1 Å². The van der Waals surface area contributed by atoms with E-state index in [0.29, 0.717) is 69.5 Å². The van der Waals surface area contributed by atoms with Gasteiger partial charge in [-0.25, -0.2) is 0 Å². The lowest BCUT2D eigenvalue weighted by atomic mass is 9.94. The van der Waals surface area contributed by atoms with Gasteiger partial charge in [0.25, 0.3) is 0 Å². The highest BCUT2D eigenvalue weighted by Crippen LogP contribution is 2.31. The van der Waals surface area contributed by atoms with Gasteiger partial charge < -0.3 is 39.6 Å². The minimum Gasteiger partial charge on any atom is -0.382 e. The molecule has 3 N–H and O–H groups in total. The summed E-state index contributed by atoms with van der Waals surface area (Å²) in [5, 5.41) is 8.49. The lowest BCUT2D eigenvalue weighted by molar-refractivity contribution is -0.133. The molecule has 5 atom stereocenters. The van der Waals surface area contributed by atoms with E-state index in [0.717, 1.165) is 11.1 Å². The number of amides is 3. The van der Waals surface area contributed by atoms with Crippen molar-refractivity contribution in [3.63, 3.8) is 0 Å². The second kappa shape index (κ2) is 23.7. The van der Waals surface area contributed by atoms with Crippen LogP contribution in [0.1, 0.15) is 44.7 Å². The van der Waals surface area contributed by atoms with Crippen LogP contribution in [0.5, 0.6) is 0 Å². The van der Waals surface area contributed by atoms with Crippen molar-refractivity contribution in [2.45, 2.75) is 75.4 Å². The van der Waals surface area contributed by atoms with Crippen molar-refractivity contribution in [2.75, 3.05) is 66.2 Å². The van der Waals surface area contributed by atoms with Crippen LogP contribution in [0.15, 0.2) is 60.7 Å². The van der Waals surface area contributed by atoms with Crippen molar-refractivity contribution in [3.05, 3.63) is 71.8 Å². The molecule has 2 aromatic rings. The fourth-order valence-corrected chi connectivity index (χ4v) is 6.76. The van der Waals surface area contributed by atoms with E-state index in [2.05, 4.69) is 29.8 Å². The highest BCUT2D eigenvalue weighted by Gasteiger charge is 2.47. The first kappa shape index (κ1) is 43.5. The largest absolute Gasteiger partial charge is 0.382 e. The van der Waals surface area contributed by atoms with Crippen LogP contribution in [0.3, 0.4) is 0 Å². The van der Waals surface area contributed by atoms with Gasteiger partial charge in [-0.15, -0.1) is 11.8 Å². The lowest BCUT2D eigenvalue weighted by Crippen LogP contribution is -2.58. The molecule has 0 aromatic heterocycles. The second-order valence-corrected chi connectivity index (χ2v) is 15.2. The minimum absolute atomic E-state index is 0.0741. The predicted molar refractivity (Wildman–Crippen MR) is 209 cm³/mol. The van der Waals surface area contributed by atoms with Crippen LogP contribution in [0.2, 0.25) is 0 Å². The molecule has 0 bridgehead atoms. The van der Waals surface area contributed by atoms with Gasteiger partial charge >= 0.3 is 0 Å². The third-order valence-electron chi connectivity index (χ3n) is 8.50. The number of methoxy groups -OCH3 is 2. The molecule has 1 heterocycles. The maximum absolute atomic E-state index is 13.9. The molecule has 288 valence electrons. The van der Waals surface area contributed by atoms with Gasteiger partial charge in [0, 0.05) is 31.3 Å². The van der Waals surface area contributed by atoms with E-state index in [1.165, 1.54) is 18.9 Å². The van der Waals surface area contributed by atoms with E-state index in [4.69, 9.17) is 35.9 Å². The maximum atomic E-state index is 13.9. The predicted octanol–water partition coefficient (Wildman–Crippen LogP) is 3.95. The first-order valence-corrected chi connectivity index (χ1v) is 19.4. The molecule has 13 heteroatoms. The number of ether oxygens (including phenoxy) is 5. The highest BCUT2D eigenvalue weighted by molar-refractivity contribution is 8.00. The van der Waals surface area contributed by atoms with Gasteiger partial charge in [0.15, 0.2) is 0 Å². The Hall–Kier alpha value is -2.91. The monoisotopic (exact) mass is 759 g/mol. The average molecular weight is 760 g/mol. The van der Waals surface area contributed by atoms with Gasteiger partial charge in [-0.3, -0.25) is 14.4 Å². The Labute approximate surface area is 319 Å². The van der Waals surface area contributed by atoms with Crippen molar-refractivity contribution in [1.82, 2.24) is 16.0 Å². The van der Waals surface area contributed by atoms with E-state index >= 15 is 0 Å². The van der Waals surface area contributed by atoms with Crippen LogP contribution in [0.4, 0.5) is 0 Å². The van der Waals surface area contributed by atoms with Crippen molar-refractivity contribution in [2.24, 2.45) is 5.92 Å². The number of hydrogen-bond donors (Lipinski definition) is 3. The Morgan fingerprint density at radius 1 is 0.788 bits per heavy atom. The molecule has 3 amide bonds. The molecule has 52 heavy (non-hydrogen) atoms. The Kier molecular flexibility index (Phi) is 19.8. The first-order valence-electron chi connectivity index (χ1n) is 18.0. The fourth-order valence-electron chi connectivity index (χ4n) is 5.49. The van der Waals surface area contributed by atoms with E-state index in [-0.39, 0.29) is 30.8 Å². The number of rotatable bonds is 27. The Morgan fingerprint density at radius 3 is 1.94 bits per heavy atom. The molecule has 0 aliphatic carbocycles. The van der Waals surface area contributed by atoms with Crippen LogP contribution in [-0.4, -0.2) is 118 Å². The molecule has 2 aromatic carbocycles. The van der Waals surface area contributed by atoms with Crippen LogP contribution in [0.25, 0.3) is 0 Å². The minimum atomic E-state index is -1.03. The van der Waals surface area contributed by atoms with Gasteiger partial charge in [0.05, 0.1) is 57.5 Å². The zero-order valence-electron chi connectivity index (χ0n) is 31.2. The summed E-state index contributed by atoms with van der Waals surface area (Å²) in [6.07, 6.45) is 2.12. The third kappa shape index (κ3) is 16.0. The summed E-state index contributed by atoms with van der Waals surface area (Å²) >= 11 is 7.25. The number of epoxide rings is 1. The van der Waals surface area contributed by atoms with Gasteiger partial charge in [0.1, 0.15) is 17.7 Å². The Balaban J connectivity index is 1.70. The summed E-state index contributed by atoms with van der Waals surface area (Å²) in [4.78, 5) is 42.3. The number of nitrogens with one attached hydrogen (secondary N) is 3. The third-order valence-corrected chi connectivity index (χ3v) is 10.5. The fraction of sp³-hybridized carbons (Fsp3) is 0.590. The number of hydrogen-bond acceptors (Lipinski definition) is 10. The molecule has 0 saturated carbocycles. The van der Waals surface area contributed by atoms with Gasteiger partial charge in [0.2, 0.25) is 17.7 Å². The molecule has 3 rings (SSSR count). The number of thioether (sulfide) groups is 1. The first-order chi connectivity index (χ1) is 25.1. The van der Waals surface area contributed by atoms with E-state index in [1.807, 2.05) is 67.6 Å². The number of carbonyl (C=O) groups is 3. The van der Waals surface area contributed by atoms with Gasteiger partial charge in [-0.05, 0) is 43.2 Å². The van der Waals surface area contributed by atoms with Crippen molar-refractivity contribution in [1.29, 1.82) is 0 Å². The zero-order valence-corrected chi connectivity index (χ0v) is 32.9. The molecule has 0 spiro atoms. The molecular weight excluding hydrogens is 703 g/mol. The van der Waals surface area contributed by atoms with Crippen LogP contribution >= 0.6 is 24.0 Å². The zero-order chi connectivity index (χ0) is 37.8. The van der Waals surface area contributed by atoms with Crippen LogP contribution < -0.4 is 16.0 Å². The molecule has 0 radical (unpaired) electrons. The summed E-state index contributed by atoms with van der Waals surface area (Å²) in [7, 11) is 3.09. The van der Waals surface area contributed by atoms with Crippen molar-refractivity contribution >= 4 is 46.6 Å². The molecule has 0 unspecified atom stereocenters. The number of thiocarbonyl (C=S) groups is 1. The van der Waals surface area contributed by atoms with Crippen molar-refractivity contribution in [3.8, 4) is 0 Å². The van der Waals surface area contributed by atoms with E-state index in [9.17, 15) is 14.4 Å². The number of benzene rings is 2. The maximum Gasteiger partial charge on any atom is 0.245 e. The van der Waals surface area contributed by atoms with Crippen LogP contribution in [-0.2, 0) is 50.9 Å². The smallest absolute Gasteiger partial charge is 0.245 e. The molecule has 1 saturated heterocycles. The summed E-state index contributed by atoms with van der Waals surface area (Å²) < 4.78 is 27.1. The topological polar surface area (TPSA) is 137 Å². The molecule has 1 fully saturated rings.